The van der Waals surface area contributed by atoms with E-state index in [0.29, 0.717) is 0 Å². The van der Waals surface area contributed by atoms with Crippen LogP contribution in [-0.2, 0) is 6.42 Å². The molecule has 4 aromatic rings. The Hall–Kier alpha value is -3.04. The minimum atomic E-state index is 0.188. The molecular formula is C29H29ClN2O. The fourth-order valence-electron chi connectivity index (χ4n) is 5.36. The number of rotatable bonds is 4. The van der Waals surface area contributed by atoms with E-state index in [2.05, 4.69) is 74.3 Å². The highest BCUT2D eigenvalue weighted by molar-refractivity contribution is 6.36. The molecule has 0 bridgehead atoms. The van der Waals surface area contributed by atoms with E-state index < -0.39 is 0 Å². The van der Waals surface area contributed by atoms with Gasteiger partial charge in [-0.2, -0.15) is 0 Å². The molecule has 1 aliphatic rings. The molecule has 1 heterocycles. The normalized spacial score (nSPS) is 15.4. The van der Waals surface area contributed by atoms with E-state index in [1.54, 1.807) is 7.11 Å². The average Bonchev–Trinajstić information content (AvgIpc) is 2.83. The molecule has 5 rings (SSSR count). The first-order valence-corrected chi connectivity index (χ1v) is 11.9. The maximum Gasteiger partial charge on any atom is 0.128 e. The largest absolute Gasteiger partial charge is 0.496 e. The van der Waals surface area contributed by atoms with Crippen LogP contribution in [-0.4, -0.2) is 19.1 Å². The molecule has 0 N–H and O–H groups in total. The fourth-order valence-corrected chi connectivity index (χ4v) is 5.59. The number of methoxy groups -OCH3 is 1. The lowest BCUT2D eigenvalue weighted by Crippen LogP contribution is -2.29. The third kappa shape index (κ3) is 3.75. The van der Waals surface area contributed by atoms with Gasteiger partial charge >= 0.3 is 0 Å². The maximum absolute atomic E-state index is 6.50. The highest BCUT2D eigenvalue weighted by Gasteiger charge is 2.30. The number of hydrogen-bond donors (Lipinski definition) is 0. The Morgan fingerprint density at radius 3 is 2.42 bits per heavy atom. The van der Waals surface area contributed by atoms with E-state index in [-0.39, 0.29) is 6.04 Å². The van der Waals surface area contributed by atoms with Crippen LogP contribution in [0, 0.1) is 13.8 Å². The summed E-state index contributed by atoms with van der Waals surface area (Å²) in [5.41, 5.74) is 8.21. The molecule has 168 valence electrons. The molecule has 3 aromatic carbocycles. The van der Waals surface area contributed by atoms with Crippen molar-refractivity contribution in [3.8, 4) is 17.0 Å². The van der Waals surface area contributed by atoms with Crippen molar-refractivity contribution < 1.29 is 4.74 Å². The first kappa shape index (κ1) is 21.8. The number of aromatic nitrogens is 1. The molecule has 1 aromatic heterocycles. The van der Waals surface area contributed by atoms with Crippen molar-refractivity contribution in [1.29, 1.82) is 0 Å². The Balaban J connectivity index is 1.64. The van der Waals surface area contributed by atoms with Crippen LogP contribution in [0.2, 0.25) is 5.02 Å². The number of nitrogens with zero attached hydrogens (tertiary/aromatic N) is 2. The molecule has 4 heteroatoms. The smallest absolute Gasteiger partial charge is 0.128 e. The van der Waals surface area contributed by atoms with Crippen LogP contribution in [0.3, 0.4) is 0 Å². The second kappa shape index (κ2) is 8.72. The summed E-state index contributed by atoms with van der Waals surface area (Å²) >= 11 is 6.50. The van der Waals surface area contributed by atoms with Crippen LogP contribution in [0.15, 0.2) is 60.7 Å². The van der Waals surface area contributed by atoms with Gasteiger partial charge in [-0.15, -0.1) is 0 Å². The molecule has 0 saturated heterocycles. The SMILES string of the molecule is COc1cc(-c2c(C)cccc2C)nc2c1C(N(C)c1ccc(Cl)c3ccccc13)CCC2. The van der Waals surface area contributed by atoms with Crippen LogP contribution in [0.5, 0.6) is 5.75 Å². The van der Waals surface area contributed by atoms with E-state index in [9.17, 15) is 0 Å². The Bertz CT molecular complexity index is 1310. The summed E-state index contributed by atoms with van der Waals surface area (Å²) in [5, 5.41) is 3.03. The number of fused-ring (bicyclic) bond motifs is 2. The van der Waals surface area contributed by atoms with Gasteiger partial charge in [-0.1, -0.05) is 54.1 Å². The second-order valence-electron chi connectivity index (χ2n) is 8.97. The number of hydrogen-bond acceptors (Lipinski definition) is 3. The molecule has 0 saturated carbocycles. The molecule has 0 spiro atoms. The molecule has 1 atom stereocenters. The van der Waals surface area contributed by atoms with Gasteiger partial charge in [0.25, 0.3) is 0 Å². The molecule has 0 aliphatic heterocycles. The third-order valence-corrected chi connectivity index (χ3v) is 7.31. The Labute approximate surface area is 201 Å². The minimum absolute atomic E-state index is 0.188. The van der Waals surface area contributed by atoms with Crippen LogP contribution in [0.1, 0.15) is 41.3 Å². The number of pyridine rings is 1. The van der Waals surface area contributed by atoms with E-state index in [0.717, 1.165) is 46.8 Å². The van der Waals surface area contributed by atoms with Crippen molar-refractivity contribution >= 4 is 28.1 Å². The lowest BCUT2D eigenvalue weighted by atomic mass is 9.87. The van der Waals surface area contributed by atoms with E-state index in [4.69, 9.17) is 21.3 Å². The van der Waals surface area contributed by atoms with Crippen molar-refractivity contribution in [2.45, 2.75) is 39.2 Å². The van der Waals surface area contributed by atoms with Gasteiger partial charge in [0.2, 0.25) is 0 Å². The van der Waals surface area contributed by atoms with Crippen molar-refractivity contribution in [3.63, 3.8) is 0 Å². The van der Waals surface area contributed by atoms with Gasteiger partial charge in [0.05, 0.1) is 24.5 Å². The summed E-state index contributed by atoms with van der Waals surface area (Å²) in [6.45, 7) is 4.30. The average molecular weight is 457 g/mol. The first-order valence-electron chi connectivity index (χ1n) is 11.5. The number of anilines is 1. The Morgan fingerprint density at radius 2 is 1.70 bits per heavy atom. The van der Waals surface area contributed by atoms with Crippen LogP contribution in [0.4, 0.5) is 5.69 Å². The first-order chi connectivity index (χ1) is 16.0. The molecule has 3 nitrogen and oxygen atoms in total. The predicted octanol–water partition coefficient (Wildman–Crippen LogP) is 7.69. The summed E-state index contributed by atoms with van der Waals surface area (Å²) in [4.78, 5) is 7.56. The second-order valence-corrected chi connectivity index (χ2v) is 9.38. The molecule has 1 unspecified atom stereocenters. The standard InChI is InChI=1S/C29H29ClN2O/c1-18-9-7-10-19(2)28(18)24-17-27(33-4)29-23(31-24)13-8-14-26(29)32(3)25-16-15-22(30)20-11-5-6-12-21(20)25/h5-7,9-12,15-17,26H,8,13-14H2,1-4H3. The molecular weight excluding hydrogens is 428 g/mol. The quantitative estimate of drug-likeness (QED) is 0.314. The van der Waals surface area contributed by atoms with Crippen molar-refractivity contribution in [3.05, 3.63) is 88.1 Å². The van der Waals surface area contributed by atoms with Gasteiger partial charge in [-0.05, 0) is 56.4 Å². The van der Waals surface area contributed by atoms with Crippen LogP contribution < -0.4 is 9.64 Å². The summed E-state index contributed by atoms with van der Waals surface area (Å²) in [5.74, 6) is 0.924. The highest BCUT2D eigenvalue weighted by Crippen LogP contribution is 2.44. The van der Waals surface area contributed by atoms with Gasteiger partial charge in [0, 0.05) is 45.7 Å². The highest BCUT2D eigenvalue weighted by atomic mass is 35.5. The number of aryl methyl sites for hydroxylation is 3. The predicted molar refractivity (Wildman–Crippen MR) is 139 cm³/mol. The van der Waals surface area contributed by atoms with E-state index in [1.807, 2.05) is 12.1 Å². The zero-order valence-electron chi connectivity index (χ0n) is 19.7. The summed E-state index contributed by atoms with van der Waals surface area (Å²) in [6.07, 6.45) is 3.12. The molecule has 0 amide bonds. The van der Waals surface area contributed by atoms with Gasteiger partial charge in [-0.3, -0.25) is 4.98 Å². The van der Waals surface area contributed by atoms with Crippen molar-refractivity contribution in [2.24, 2.45) is 0 Å². The molecule has 1 aliphatic carbocycles. The van der Waals surface area contributed by atoms with E-state index in [1.165, 1.54) is 33.3 Å². The number of benzene rings is 3. The molecule has 33 heavy (non-hydrogen) atoms. The van der Waals surface area contributed by atoms with E-state index >= 15 is 0 Å². The van der Waals surface area contributed by atoms with Gasteiger partial charge in [0.1, 0.15) is 5.75 Å². The number of halogens is 1. The lowest BCUT2D eigenvalue weighted by Gasteiger charge is -2.36. The Morgan fingerprint density at radius 1 is 0.970 bits per heavy atom. The minimum Gasteiger partial charge on any atom is -0.496 e. The topological polar surface area (TPSA) is 25.4 Å². The summed E-state index contributed by atoms with van der Waals surface area (Å²) in [7, 11) is 3.95. The van der Waals surface area contributed by atoms with Gasteiger partial charge in [-0.25, -0.2) is 0 Å². The summed E-state index contributed by atoms with van der Waals surface area (Å²) in [6, 6.07) is 21.2. The number of ether oxygens (including phenoxy) is 1. The molecule has 0 fully saturated rings. The third-order valence-electron chi connectivity index (χ3n) is 6.98. The van der Waals surface area contributed by atoms with Crippen LogP contribution in [0.25, 0.3) is 22.0 Å². The maximum atomic E-state index is 6.50. The fraction of sp³-hybridized carbons (Fsp3) is 0.276. The van der Waals surface area contributed by atoms with Crippen molar-refractivity contribution in [2.75, 3.05) is 19.1 Å². The van der Waals surface area contributed by atoms with Gasteiger partial charge in [0.15, 0.2) is 0 Å². The monoisotopic (exact) mass is 456 g/mol. The zero-order valence-corrected chi connectivity index (χ0v) is 20.4. The lowest BCUT2D eigenvalue weighted by molar-refractivity contribution is 0.395. The van der Waals surface area contributed by atoms with Gasteiger partial charge < -0.3 is 9.64 Å². The van der Waals surface area contributed by atoms with Crippen molar-refractivity contribution in [1.82, 2.24) is 4.98 Å². The Kier molecular flexibility index (Phi) is 5.76. The molecule has 0 radical (unpaired) electrons. The summed E-state index contributed by atoms with van der Waals surface area (Å²) < 4.78 is 5.99. The zero-order chi connectivity index (χ0) is 23.1. The van der Waals surface area contributed by atoms with Crippen LogP contribution >= 0.6 is 11.6 Å².